The summed E-state index contributed by atoms with van der Waals surface area (Å²) in [5, 5.41) is 5.83. The highest BCUT2D eigenvalue weighted by molar-refractivity contribution is 7.13. The molecule has 6 nitrogen and oxygen atoms in total. The Balaban J connectivity index is 1.49. The number of benzene rings is 1. The minimum absolute atomic E-state index is 0.0131. The van der Waals surface area contributed by atoms with Gasteiger partial charge in [0.1, 0.15) is 6.04 Å². The smallest absolute Gasteiger partial charge is 0.247 e. The van der Waals surface area contributed by atoms with Crippen LogP contribution in [0.1, 0.15) is 26.7 Å². The number of nitrogens with one attached hydrogen (secondary N) is 1. The van der Waals surface area contributed by atoms with Gasteiger partial charge in [-0.05, 0) is 25.0 Å². The molecule has 1 aromatic carbocycles. The Labute approximate surface area is 144 Å². The van der Waals surface area contributed by atoms with Crippen molar-refractivity contribution in [3.8, 4) is 11.5 Å². The van der Waals surface area contributed by atoms with E-state index in [0.29, 0.717) is 17.2 Å². The molecule has 1 N–H and O–H groups in total. The van der Waals surface area contributed by atoms with Crippen molar-refractivity contribution in [1.29, 1.82) is 0 Å². The molecule has 0 radical (unpaired) electrons. The molecule has 2 aromatic rings. The Kier molecular flexibility index (Phi) is 3.60. The molecule has 126 valence electrons. The van der Waals surface area contributed by atoms with Crippen LogP contribution in [0.3, 0.4) is 0 Å². The van der Waals surface area contributed by atoms with Crippen LogP contribution >= 0.6 is 11.3 Å². The molecule has 1 atom stereocenters. The third-order valence-electron chi connectivity index (χ3n) is 4.14. The van der Waals surface area contributed by atoms with Crippen LogP contribution in [-0.4, -0.2) is 29.3 Å². The van der Waals surface area contributed by atoms with Crippen molar-refractivity contribution in [2.75, 3.05) is 16.8 Å². The second kappa shape index (κ2) is 5.66. The molecule has 7 heteroatoms. The first-order chi connectivity index (χ1) is 11.5. The van der Waals surface area contributed by atoms with Crippen molar-refractivity contribution in [3.05, 3.63) is 29.8 Å². The zero-order chi connectivity index (χ0) is 16.7. The van der Waals surface area contributed by atoms with Crippen LogP contribution < -0.4 is 19.7 Å². The summed E-state index contributed by atoms with van der Waals surface area (Å²) in [5.74, 6) is 0.669. The average molecular weight is 345 g/mol. The molecule has 0 spiro atoms. The molecule has 1 saturated heterocycles. The predicted molar refractivity (Wildman–Crippen MR) is 92.9 cm³/mol. The fraction of sp³-hybridized carbons (Fsp3) is 0.412. The minimum Gasteiger partial charge on any atom is -0.449 e. The summed E-state index contributed by atoms with van der Waals surface area (Å²) in [4.78, 5) is 19.1. The van der Waals surface area contributed by atoms with Gasteiger partial charge in [-0.15, -0.1) is 11.3 Å². The van der Waals surface area contributed by atoms with E-state index >= 15 is 0 Å². The summed E-state index contributed by atoms with van der Waals surface area (Å²) in [7, 11) is 0. The van der Waals surface area contributed by atoms with Gasteiger partial charge in [0.15, 0.2) is 16.6 Å². The van der Waals surface area contributed by atoms with Gasteiger partial charge >= 0.3 is 0 Å². The fourth-order valence-electron chi connectivity index (χ4n) is 3.15. The number of thiazole rings is 1. The van der Waals surface area contributed by atoms with Gasteiger partial charge < -0.3 is 19.7 Å². The van der Waals surface area contributed by atoms with Crippen LogP contribution in [0.15, 0.2) is 29.8 Å². The van der Waals surface area contributed by atoms with E-state index in [1.54, 1.807) is 17.5 Å². The third kappa shape index (κ3) is 2.80. The number of hydrogen-bond donors (Lipinski definition) is 1. The standard InChI is InChI=1S/C17H19N3O3S/c1-17(2)22-13-6-5-11(10-14(13)23-17)19-15(21)12-4-3-8-20(12)16-18-7-9-24-16/h5-7,9-10,12H,3-4,8H2,1-2H3,(H,19,21). The summed E-state index contributed by atoms with van der Waals surface area (Å²) in [6, 6.07) is 5.29. The van der Waals surface area contributed by atoms with E-state index in [4.69, 9.17) is 9.47 Å². The van der Waals surface area contributed by atoms with Crippen LogP contribution in [0.25, 0.3) is 0 Å². The second-order valence-corrected chi connectivity index (χ2v) is 7.29. The Morgan fingerprint density at radius 2 is 2.21 bits per heavy atom. The number of rotatable bonds is 3. The van der Waals surface area contributed by atoms with Gasteiger partial charge in [0.2, 0.25) is 11.7 Å². The molecule has 1 aromatic heterocycles. The van der Waals surface area contributed by atoms with Crippen molar-refractivity contribution in [3.63, 3.8) is 0 Å². The van der Waals surface area contributed by atoms with Crippen molar-refractivity contribution in [1.82, 2.24) is 4.98 Å². The molecule has 0 saturated carbocycles. The van der Waals surface area contributed by atoms with Gasteiger partial charge in [0.25, 0.3) is 0 Å². The number of amides is 1. The molecule has 1 fully saturated rings. The second-order valence-electron chi connectivity index (χ2n) is 6.42. The topological polar surface area (TPSA) is 63.7 Å². The van der Waals surface area contributed by atoms with E-state index < -0.39 is 5.79 Å². The number of nitrogens with zero attached hydrogens (tertiary/aromatic N) is 2. The van der Waals surface area contributed by atoms with Crippen LogP contribution in [0, 0.1) is 0 Å². The van der Waals surface area contributed by atoms with Gasteiger partial charge in [-0.25, -0.2) is 4.98 Å². The van der Waals surface area contributed by atoms with Crippen LogP contribution in [0.5, 0.6) is 11.5 Å². The van der Waals surface area contributed by atoms with E-state index in [9.17, 15) is 4.79 Å². The SMILES string of the molecule is CC1(C)Oc2ccc(NC(=O)C3CCCN3c3nccs3)cc2O1. The Morgan fingerprint density at radius 3 is 3.00 bits per heavy atom. The molecule has 0 aliphatic carbocycles. The number of hydrogen-bond acceptors (Lipinski definition) is 6. The van der Waals surface area contributed by atoms with E-state index in [2.05, 4.69) is 15.2 Å². The zero-order valence-corrected chi connectivity index (χ0v) is 14.4. The van der Waals surface area contributed by atoms with E-state index in [1.807, 2.05) is 37.4 Å². The van der Waals surface area contributed by atoms with Gasteiger partial charge in [-0.2, -0.15) is 0 Å². The average Bonchev–Trinajstić information content (AvgIpc) is 3.24. The number of anilines is 2. The predicted octanol–water partition coefficient (Wildman–Crippen LogP) is 3.26. The highest BCUT2D eigenvalue weighted by atomic mass is 32.1. The zero-order valence-electron chi connectivity index (χ0n) is 13.6. The molecule has 2 aliphatic heterocycles. The van der Waals surface area contributed by atoms with E-state index in [-0.39, 0.29) is 11.9 Å². The lowest BCUT2D eigenvalue weighted by Crippen LogP contribution is -2.39. The molecule has 4 rings (SSSR count). The molecular weight excluding hydrogens is 326 g/mol. The Hall–Kier alpha value is -2.28. The highest BCUT2D eigenvalue weighted by Gasteiger charge is 2.34. The summed E-state index contributed by atoms with van der Waals surface area (Å²) in [5.41, 5.74) is 0.714. The number of carbonyl (C=O) groups is 1. The first-order valence-corrected chi connectivity index (χ1v) is 8.89. The molecule has 2 aliphatic rings. The van der Waals surface area contributed by atoms with Gasteiger partial charge in [-0.3, -0.25) is 4.79 Å². The quantitative estimate of drug-likeness (QED) is 0.925. The molecule has 1 amide bonds. The number of fused-ring (bicyclic) bond motifs is 1. The van der Waals surface area contributed by atoms with E-state index in [1.165, 1.54) is 0 Å². The number of aromatic nitrogens is 1. The molecule has 1 unspecified atom stereocenters. The van der Waals surface area contributed by atoms with E-state index in [0.717, 1.165) is 24.5 Å². The lowest BCUT2D eigenvalue weighted by atomic mass is 10.2. The Bertz CT molecular complexity index is 760. The van der Waals surface area contributed by atoms with Crippen molar-refractivity contribution >= 4 is 28.1 Å². The number of ether oxygens (including phenoxy) is 2. The van der Waals surface area contributed by atoms with Crippen LogP contribution in [-0.2, 0) is 4.79 Å². The monoisotopic (exact) mass is 345 g/mol. The molecule has 24 heavy (non-hydrogen) atoms. The minimum atomic E-state index is -0.669. The van der Waals surface area contributed by atoms with Crippen molar-refractivity contribution in [2.45, 2.75) is 38.5 Å². The largest absolute Gasteiger partial charge is 0.449 e. The lowest BCUT2D eigenvalue weighted by molar-refractivity contribution is -0.117. The summed E-state index contributed by atoms with van der Waals surface area (Å²) in [6.07, 6.45) is 3.60. The van der Waals surface area contributed by atoms with Gasteiger partial charge in [-0.1, -0.05) is 0 Å². The molecule has 3 heterocycles. The number of carbonyl (C=O) groups excluding carboxylic acids is 1. The third-order valence-corrected chi connectivity index (χ3v) is 4.95. The summed E-state index contributed by atoms with van der Waals surface area (Å²) < 4.78 is 11.4. The van der Waals surface area contributed by atoms with Gasteiger partial charge in [0.05, 0.1) is 0 Å². The first kappa shape index (κ1) is 15.3. The molecular formula is C17H19N3O3S. The normalized spacial score (nSPS) is 21.1. The lowest BCUT2D eigenvalue weighted by Gasteiger charge is -2.23. The molecule has 0 bridgehead atoms. The van der Waals surface area contributed by atoms with Crippen LogP contribution in [0.2, 0.25) is 0 Å². The van der Waals surface area contributed by atoms with Crippen molar-refractivity contribution in [2.24, 2.45) is 0 Å². The van der Waals surface area contributed by atoms with Gasteiger partial charge in [0, 0.05) is 43.7 Å². The summed E-state index contributed by atoms with van der Waals surface area (Å²) in [6.45, 7) is 4.58. The maximum atomic E-state index is 12.7. The van der Waals surface area contributed by atoms with Crippen molar-refractivity contribution < 1.29 is 14.3 Å². The highest BCUT2D eigenvalue weighted by Crippen LogP contribution is 2.40. The maximum absolute atomic E-state index is 12.7. The fourth-order valence-corrected chi connectivity index (χ4v) is 3.87. The van der Waals surface area contributed by atoms with Crippen LogP contribution in [0.4, 0.5) is 10.8 Å². The maximum Gasteiger partial charge on any atom is 0.247 e. The first-order valence-electron chi connectivity index (χ1n) is 8.01. The Morgan fingerprint density at radius 1 is 1.38 bits per heavy atom. The summed E-state index contributed by atoms with van der Waals surface area (Å²) >= 11 is 1.56.